The van der Waals surface area contributed by atoms with E-state index in [-0.39, 0.29) is 0 Å². The van der Waals surface area contributed by atoms with Crippen LogP contribution in [0.5, 0.6) is 0 Å². The first kappa shape index (κ1) is 13.7. The van der Waals surface area contributed by atoms with Crippen LogP contribution in [0.2, 0.25) is 5.02 Å². The number of fused-ring (bicyclic) bond motifs is 1. The maximum atomic E-state index is 6.32. The van der Waals surface area contributed by atoms with Crippen molar-refractivity contribution in [1.29, 1.82) is 0 Å². The number of para-hydroxylation sites is 1. The standard InChI is InChI=1S/C14H18Cl2N2/c1-4-9(2)10(3)18-13(8-15)17-12-7-5-6-11(16)14(12)18/h5-7,9-10H,4,8H2,1-3H3. The lowest BCUT2D eigenvalue weighted by Gasteiger charge is -2.23. The Bertz CT molecular complexity index is 548. The topological polar surface area (TPSA) is 17.8 Å². The predicted octanol–water partition coefficient (Wildman–Crippen LogP) is 5.04. The van der Waals surface area contributed by atoms with E-state index < -0.39 is 0 Å². The van der Waals surface area contributed by atoms with Crippen LogP contribution in [0.15, 0.2) is 18.2 Å². The Morgan fingerprint density at radius 1 is 1.33 bits per heavy atom. The van der Waals surface area contributed by atoms with Gasteiger partial charge in [0.2, 0.25) is 0 Å². The molecule has 0 saturated carbocycles. The van der Waals surface area contributed by atoms with Crippen LogP contribution in [-0.4, -0.2) is 9.55 Å². The highest BCUT2D eigenvalue weighted by Gasteiger charge is 2.20. The third kappa shape index (κ3) is 2.24. The first-order valence-electron chi connectivity index (χ1n) is 6.31. The molecule has 0 aliphatic carbocycles. The predicted molar refractivity (Wildman–Crippen MR) is 78.5 cm³/mol. The lowest BCUT2D eigenvalue weighted by atomic mass is 10.0. The first-order valence-corrected chi connectivity index (χ1v) is 7.22. The van der Waals surface area contributed by atoms with Gasteiger partial charge in [0, 0.05) is 6.04 Å². The van der Waals surface area contributed by atoms with Crippen molar-refractivity contribution in [3.8, 4) is 0 Å². The van der Waals surface area contributed by atoms with Crippen molar-refractivity contribution in [2.75, 3.05) is 0 Å². The minimum Gasteiger partial charge on any atom is -0.323 e. The van der Waals surface area contributed by atoms with Crippen LogP contribution in [0.4, 0.5) is 0 Å². The van der Waals surface area contributed by atoms with Crippen molar-refractivity contribution >= 4 is 34.2 Å². The van der Waals surface area contributed by atoms with Crippen LogP contribution >= 0.6 is 23.2 Å². The molecule has 1 heterocycles. The molecule has 98 valence electrons. The second-order valence-electron chi connectivity index (χ2n) is 4.77. The number of alkyl halides is 1. The average molecular weight is 285 g/mol. The van der Waals surface area contributed by atoms with Gasteiger partial charge in [0.05, 0.1) is 21.9 Å². The quantitative estimate of drug-likeness (QED) is 0.720. The van der Waals surface area contributed by atoms with E-state index in [4.69, 9.17) is 23.2 Å². The van der Waals surface area contributed by atoms with Crippen LogP contribution in [0.3, 0.4) is 0 Å². The van der Waals surface area contributed by atoms with E-state index in [1.807, 2.05) is 18.2 Å². The summed E-state index contributed by atoms with van der Waals surface area (Å²) in [5.74, 6) is 1.86. The zero-order chi connectivity index (χ0) is 13.3. The Balaban J connectivity index is 2.66. The maximum absolute atomic E-state index is 6.32. The van der Waals surface area contributed by atoms with Crippen LogP contribution < -0.4 is 0 Å². The largest absolute Gasteiger partial charge is 0.323 e. The molecule has 0 saturated heterocycles. The highest BCUT2D eigenvalue weighted by Crippen LogP contribution is 2.32. The molecule has 2 aromatic rings. The van der Waals surface area contributed by atoms with Gasteiger partial charge in [0.1, 0.15) is 5.82 Å². The van der Waals surface area contributed by atoms with Crippen LogP contribution in [0, 0.1) is 5.92 Å². The van der Waals surface area contributed by atoms with Gasteiger partial charge in [-0.05, 0) is 25.0 Å². The van der Waals surface area contributed by atoms with Gasteiger partial charge in [-0.2, -0.15) is 0 Å². The minimum atomic E-state index is 0.341. The molecule has 0 fully saturated rings. The van der Waals surface area contributed by atoms with E-state index in [1.54, 1.807) is 0 Å². The summed E-state index contributed by atoms with van der Waals surface area (Å²) >= 11 is 12.3. The van der Waals surface area contributed by atoms with Gasteiger partial charge >= 0.3 is 0 Å². The molecule has 0 bridgehead atoms. The number of benzene rings is 1. The first-order chi connectivity index (χ1) is 8.60. The molecule has 0 aliphatic heterocycles. The third-order valence-electron chi connectivity index (χ3n) is 3.73. The van der Waals surface area contributed by atoms with Crippen molar-refractivity contribution in [1.82, 2.24) is 9.55 Å². The number of hydrogen-bond donors (Lipinski definition) is 0. The number of aromatic nitrogens is 2. The minimum absolute atomic E-state index is 0.341. The highest BCUT2D eigenvalue weighted by atomic mass is 35.5. The molecule has 2 atom stereocenters. The molecule has 0 aliphatic rings. The molecule has 4 heteroatoms. The highest BCUT2D eigenvalue weighted by molar-refractivity contribution is 6.35. The van der Waals surface area contributed by atoms with Gasteiger partial charge in [0.25, 0.3) is 0 Å². The SMILES string of the molecule is CCC(C)C(C)n1c(CCl)nc2cccc(Cl)c21. The normalized spacial score (nSPS) is 14.9. The molecule has 2 nitrogen and oxygen atoms in total. The van der Waals surface area contributed by atoms with E-state index in [9.17, 15) is 0 Å². The number of rotatable bonds is 4. The fourth-order valence-corrected chi connectivity index (χ4v) is 2.73. The Hall–Kier alpha value is -0.730. The molecule has 0 spiro atoms. The molecule has 1 aromatic heterocycles. The zero-order valence-corrected chi connectivity index (χ0v) is 12.5. The van der Waals surface area contributed by atoms with Crippen molar-refractivity contribution in [3.63, 3.8) is 0 Å². The Morgan fingerprint density at radius 3 is 2.67 bits per heavy atom. The van der Waals surface area contributed by atoms with E-state index in [0.29, 0.717) is 17.8 Å². The molecule has 0 amide bonds. The average Bonchev–Trinajstić information content (AvgIpc) is 2.76. The van der Waals surface area contributed by atoms with Gasteiger partial charge < -0.3 is 4.57 Å². The molecular weight excluding hydrogens is 267 g/mol. The maximum Gasteiger partial charge on any atom is 0.125 e. The summed E-state index contributed by atoms with van der Waals surface area (Å²) < 4.78 is 2.19. The Labute approximate surface area is 118 Å². The number of imidazole rings is 1. The van der Waals surface area contributed by atoms with E-state index in [0.717, 1.165) is 28.3 Å². The third-order valence-corrected chi connectivity index (χ3v) is 4.27. The molecule has 1 aromatic carbocycles. The summed E-state index contributed by atoms with van der Waals surface area (Å²) in [4.78, 5) is 4.58. The number of halogens is 2. The monoisotopic (exact) mass is 284 g/mol. The Morgan fingerprint density at radius 2 is 2.06 bits per heavy atom. The molecular formula is C14H18Cl2N2. The van der Waals surface area contributed by atoms with Crippen molar-refractivity contribution in [2.24, 2.45) is 5.92 Å². The van der Waals surface area contributed by atoms with Gasteiger partial charge in [-0.15, -0.1) is 11.6 Å². The lowest BCUT2D eigenvalue weighted by molar-refractivity contribution is 0.371. The van der Waals surface area contributed by atoms with Gasteiger partial charge in [-0.1, -0.05) is 37.9 Å². The fourth-order valence-electron chi connectivity index (χ4n) is 2.28. The summed E-state index contributed by atoms with van der Waals surface area (Å²) in [6.07, 6.45) is 1.12. The number of nitrogens with zero attached hydrogens (tertiary/aromatic N) is 2. The smallest absolute Gasteiger partial charge is 0.125 e. The fraction of sp³-hybridized carbons (Fsp3) is 0.500. The molecule has 2 rings (SSSR count). The van der Waals surface area contributed by atoms with Gasteiger partial charge in [-0.25, -0.2) is 4.98 Å². The molecule has 0 radical (unpaired) electrons. The van der Waals surface area contributed by atoms with Crippen molar-refractivity contribution < 1.29 is 0 Å². The van der Waals surface area contributed by atoms with E-state index in [1.165, 1.54) is 0 Å². The van der Waals surface area contributed by atoms with Crippen LogP contribution in [0.1, 0.15) is 39.1 Å². The van der Waals surface area contributed by atoms with E-state index in [2.05, 4.69) is 30.3 Å². The number of hydrogen-bond acceptors (Lipinski definition) is 1. The van der Waals surface area contributed by atoms with Gasteiger partial charge in [-0.3, -0.25) is 0 Å². The van der Waals surface area contributed by atoms with Gasteiger partial charge in [0.15, 0.2) is 0 Å². The second kappa shape index (κ2) is 5.50. The molecule has 0 N–H and O–H groups in total. The molecule has 18 heavy (non-hydrogen) atoms. The summed E-state index contributed by atoms with van der Waals surface area (Å²) in [7, 11) is 0. The second-order valence-corrected chi connectivity index (χ2v) is 5.44. The Kier molecular flexibility index (Phi) is 4.18. The zero-order valence-electron chi connectivity index (χ0n) is 11.0. The summed E-state index contributed by atoms with van der Waals surface area (Å²) in [5, 5.41) is 0.742. The van der Waals surface area contributed by atoms with Crippen molar-refractivity contribution in [3.05, 3.63) is 29.0 Å². The molecule has 2 unspecified atom stereocenters. The summed E-state index contributed by atoms with van der Waals surface area (Å²) in [5.41, 5.74) is 1.93. The van der Waals surface area contributed by atoms with Crippen LogP contribution in [-0.2, 0) is 5.88 Å². The van der Waals surface area contributed by atoms with Crippen LogP contribution in [0.25, 0.3) is 11.0 Å². The van der Waals surface area contributed by atoms with Crippen molar-refractivity contribution in [2.45, 2.75) is 39.1 Å². The van der Waals surface area contributed by atoms with E-state index >= 15 is 0 Å². The lowest BCUT2D eigenvalue weighted by Crippen LogP contribution is -2.15. The summed E-state index contributed by atoms with van der Waals surface area (Å²) in [6.45, 7) is 6.64. The summed E-state index contributed by atoms with van der Waals surface area (Å²) in [6, 6.07) is 6.16.